The van der Waals surface area contributed by atoms with Gasteiger partial charge in [0.15, 0.2) is 0 Å². The van der Waals surface area contributed by atoms with Gasteiger partial charge in [-0.3, -0.25) is 0 Å². The van der Waals surface area contributed by atoms with Gasteiger partial charge in [0, 0.05) is 6.07 Å². The summed E-state index contributed by atoms with van der Waals surface area (Å²) in [4.78, 5) is 11.2. The van der Waals surface area contributed by atoms with Gasteiger partial charge in [0.25, 0.3) is 0 Å². The van der Waals surface area contributed by atoms with Crippen LogP contribution in [-0.2, 0) is 0 Å². The molecule has 21 heavy (non-hydrogen) atoms. The fraction of sp³-hybridized carbons (Fsp3) is 0.471. The highest BCUT2D eigenvalue weighted by atomic mass is 16.5. The molecule has 0 saturated heterocycles. The highest BCUT2D eigenvalue weighted by Gasteiger charge is 1.97. The Balaban J connectivity index is 2.29. The fourth-order valence-corrected chi connectivity index (χ4v) is 1.88. The number of hydrogen-bond donors (Lipinski definition) is 1. The standard InChI is InChI=1S/C17H24O4/c1-14(18)10-8-6-4-3-5-7-9-11-15-12-16(20-2)13-17(19)21-15/h5,7,9,11-14,18H,3-4,6,8,10H2,1-2H3. The summed E-state index contributed by atoms with van der Waals surface area (Å²) in [7, 11) is 1.51. The van der Waals surface area contributed by atoms with Crippen LogP contribution in [0.1, 0.15) is 44.8 Å². The molecule has 1 unspecified atom stereocenters. The lowest BCUT2D eigenvalue weighted by Gasteiger charge is -2.01. The molecule has 4 heteroatoms. The SMILES string of the molecule is COc1cc(C=CC=CCCCCCC(C)O)oc(=O)c1. The Morgan fingerprint density at radius 2 is 2.10 bits per heavy atom. The summed E-state index contributed by atoms with van der Waals surface area (Å²) in [6, 6.07) is 2.97. The van der Waals surface area contributed by atoms with Crippen molar-refractivity contribution in [2.75, 3.05) is 7.11 Å². The van der Waals surface area contributed by atoms with E-state index in [1.807, 2.05) is 19.1 Å². The van der Waals surface area contributed by atoms with Gasteiger partial charge in [-0.2, -0.15) is 0 Å². The molecule has 0 amide bonds. The molecule has 1 atom stereocenters. The van der Waals surface area contributed by atoms with Crippen LogP contribution in [0.5, 0.6) is 5.75 Å². The second kappa shape index (κ2) is 10.00. The summed E-state index contributed by atoms with van der Waals surface area (Å²) < 4.78 is 10.0. The van der Waals surface area contributed by atoms with E-state index in [4.69, 9.17) is 14.3 Å². The molecular weight excluding hydrogens is 268 g/mol. The van der Waals surface area contributed by atoms with Crippen molar-refractivity contribution >= 4 is 6.08 Å². The number of allylic oxidation sites excluding steroid dienone is 3. The highest BCUT2D eigenvalue weighted by molar-refractivity contribution is 5.46. The molecule has 116 valence electrons. The van der Waals surface area contributed by atoms with Gasteiger partial charge in [-0.25, -0.2) is 4.79 Å². The maximum Gasteiger partial charge on any atom is 0.339 e. The lowest BCUT2D eigenvalue weighted by atomic mass is 10.1. The van der Waals surface area contributed by atoms with Crippen LogP contribution in [0, 0.1) is 0 Å². The molecule has 1 rings (SSSR count). The summed E-state index contributed by atoms with van der Waals surface area (Å²) in [5.41, 5.74) is -0.420. The number of aliphatic hydroxyl groups excluding tert-OH is 1. The van der Waals surface area contributed by atoms with E-state index in [1.54, 1.807) is 12.1 Å². The highest BCUT2D eigenvalue weighted by Crippen LogP contribution is 2.11. The second-order valence-corrected chi connectivity index (χ2v) is 4.99. The van der Waals surface area contributed by atoms with Crippen LogP contribution in [-0.4, -0.2) is 18.3 Å². The van der Waals surface area contributed by atoms with Crippen LogP contribution in [0.2, 0.25) is 0 Å². The van der Waals surface area contributed by atoms with Crippen molar-refractivity contribution in [3.8, 4) is 5.75 Å². The third-order valence-electron chi connectivity index (χ3n) is 3.00. The molecule has 0 aliphatic heterocycles. The van der Waals surface area contributed by atoms with E-state index in [-0.39, 0.29) is 6.10 Å². The summed E-state index contributed by atoms with van der Waals surface area (Å²) in [5.74, 6) is 0.967. The number of aliphatic hydroxyl groups is 1. The van der Waals surface area contributed by atoms with Crippen molar-refractivity contribution in [1.82, 2.24) is 0 Å². The van der Waals surface area contributed by atoms with Crippen molar-refractivity contribution in [3.63, 3.8) is 0 Å². The zero-order valence-corrected chi connectivity index (χ0v) is 12.7. The Hall–Kier alpha value is -1.81. The van der Waals surface area contributed by atoms with Crippen molar-refractivity contribution < 1.29 is 14.3 Å². The summed E-state index contributed by atoms with van der Waals surface area (Å²) in [5, 5.41) is 9.13. The predicted octanol–water partition coefficient (Wildman–Crippen LogP) is 3.55. The Labute approximate surface area is 125 Å². The Kier molecular flexibility index (Phi) is 8.21. The van der Waals surface area contributed by atoms with E-state index >= 15 is 0 Å². The quantitative estimate of drug-likeness (QED) is 0.558. The Bertz CT molecular complexity index is 512. The molecule has 0 fully saturated rings. The van der Waals surface area contributed by atoms with Crippen molar-refractivity contribution in [2.45, 2.75) is 45.1 Å². The average Bonchev–Trinajstić information content (AvgIpc) is 2.44. The van der Waals surface area contributed by atoms with E-state index in [0.717, 1.165) is 32.1 Å². The third-order valence-corrected chi connectivity index (χ3v) is 3.00. The van der Waals surface area contributed by atoms with Gasteiger partial charge in [0.1, 0.15) is 11.5 Å². The van der Waals surface area contributed by atoms with Crippen LogP contribution in [0.15, 0.2) is 39.6 Å². The zero-order chi connectivity index (χ0) is 15.5. The van der Waals surface area contributed by atoms with Crippen LogP contribution in [0.3, 0.4) is 0 Å². The van der Waals surface area contributed by atoms with Gasteiger partial charge in [0.05, 0.1) is 19.3 Å². The first kappa shape index (κ1) is 17.2. The topological polar surface area (TPSA) is 59.7 Å². The zero-order valence-electron chi connectivity index (χ0n) is 12.7. The minimum atomic E-state index is -0.420. The Morgan fingerprint density at radius 3 is 2.81 bits per heavy atom. The first-order valence-electron chi connectivity index (χ1n) is 7.32. The molecule has 0 aromatic carbocycles. The molecule has 0 saturated carbocycles. The van der Waals surface area contributed by atoms with Crippen LogP contribution < -0.4 is 10.4 Å². The first-order valence-corrected chi connectivity index (χ1v) is 7.32. The van der Waals surface area contributed by atoms with Gasteiger partial charge >= 0.3 is 5.63 Å². The lowest BCUT2D eigenvalue weighted by molar-refractivity contribution is 0.180. The number of unbranched alkanes of at least 4 members (excludes halogenated alkanes) is 3. The largest absolute Gasteiger partial charge is 0.496 e. The van der Waals surface area contributed by atoms with Crippen molar-refractivity contribution in [3.05, 3.63) is 46.5 Å². The molecule has 1 aromatic rings. The number of hydrogen-bond acceptors (Lipinski definition) is 4. The maximum absolute atomic E-state index is 11.2. The number of ether oxygens (including phenoxy) is 1. The van der Waals surface area contributed by atoms with Gasteiger partial charge in [0.2, 0.25) is 0 Å². The average molecular weight is 292 g/mol. The summed E-state index contributed by atoms with van der Waals surface area (Å²) in [6.07, 6.45) is 12.6. The van der Waals surface area contributed by atoms with Crippen LogP contribution in [0.4, 0.5) is 0 Å². The van der Waals surface area contributed by atoms with E-state index < -0.39 is 5.63 Å². The first-order chi connectivity index (χ1) is 10.1. The van der Waals surface area contributed by atoms with Crippen LogP contribution in [0.25, 0.3) is 6.08 Å². The second-order valence-electron chi connectivity index (χ2n) is 4.99. The molecule has 0 aliphatic rings. The maximum atomic E-state index is 11.2. The molecule has 1 N–H and O–H groups in total. The fourth-order valence-electron chi connectivity index (χ4n) is 1.88. The predicted molar refractivity (Wildman–Crippen MR) is 84.5 cm³/mol. The molecule has 0 radical (unpaired) electrons. The number of methoxy groups -OCH3 is 1. The normalized spacial score (nSPS) is 13.1. The number of rotatable bonds is 9. The van der Waals surface area contributed by atoms with Gasteiger partial charge in [-0.05, 0) is 32.3 Å². The summed E-state index contributed by atoms with van der Waals surface area (Å²) >= 11 is 0. The molecular formula is C17H24O4. The molecule has 0 aliphatic carbocycles. The molecule has 0 spiro atoms. The molecule has 0 bridgehead atoms. The van der Waals surface area contributed by atoms with E-state index in [2.05, 4.69) is 6.08 Å². The van der Waals surface area contributed by atoms with Gasteiger partial charge in [-0.1, -0.05) is 31.1 Å². The minimum absolute atomic E-state index is 0.194. The van der Waals surface area contributed by atoms with Gasteiger partial charge in [-0.15, -0.1) is 0 Å². The minimum Gasteiger partial charge on any atom is -0.496 e. The molecule has 4 nitrogen and oxygen atoms in total. The van der Waals surface area contributed by atoms with Gasteiger partial charge < -0.3 is 14.3 Å². The van der Waals surface area contributed by atoms with Crippen LogP contribution >= 0.6 is 0 Å². The Morgan fingerprint density at radius 1 is 1.29 bits per heavy atom. The lowest BCUT2D eigenvalue weighted by Crippen LogP contribution is -1.98. The smallest absolute Gasteiger partial charge is 0.339 e. The van der Waals surface area contributed by atoms with E-state index in [1.165, 1.54) is 13.2 Å². The van der Waals surface area contributed by atoms with E-state index in [9.17, 15) is 4.79 Å². The van der Waals surface area contributed by atoms with Crippen molar-refractivity contribution in [2.24, 2.45) is 0 Å². The summed E-state index contributed by atoms with van der Waals surface area (Å²) in [6.45, 7) is 1.82. The van der Waals surface area contributed by atoms with E-state index in [0.29, 0.717) is 11.5 Å². The monoisotopic (exact) mass is 292 g/mol. The third kappa shape index (κ3) is 8.15. The molecule has 1 aromatic heterocycles. The molecule has 1 heterocycles. The van der Waals surface area contributed by atoms with Crippen molar-refractivity contribution in [1.29, 1.82) is 0 Å².